The van der Waals surface area contributed by atoms with E-state index in [0.717, 1.165) is 27.4 Å². The molecule has 1 N–H and O–H groups in total. The molecule has 0 heterocycles. The average Bonchev–Trinajstić information content (AvgIpc) is 3.01. The lowest BCUT2D eigenvalue weighted by molar-refractivity contribution is -0.140. The summed E-state index contributed by atoms with van der Waals surface area (Å²) >= 11 is 6.54. The average molecular weight is 632 g/mol. The molecule has 0 saturated heterocycles. The SMILES string of the molecule is CCCNC(=O)[C@@H](Cc1ccccc1)N(Cc1ccccc1Cl)C(=O)CN(c1cccc(C)c1)S(=O)(=O)c1ccc(C)cc1. The molecule has 0 aliphatic rings. The molecule has 0 aliphatic heterocycles. The number of aryl methyl sites for hydroxylation is 2. The second-order valence-electron chi connectivity index (χ2n) is 10.8. The van der Waals surface area contributed by atoms with Crippen LogP contribution in [0.4, 0.5) is 5.69 Å². The van der Waals surface area contributed by atoms with E-state index in [4.69, 9.17) is 11.6 Å². The van der Waals surface area contributed by atoms with Crippen LogP contribution in [0.1, 0.15) is 35.6 Å². The fraction of sp³-hybridized carbons (Fsp3) is 0.257. The third-order valence-corrected chi connectivity index (χ3v) is 9.45. The van der Waals surface area contributed by atoms with Gasteiger partial charge in [0.1, 0.15) is 12.6 Å². The summed E-state index contributed by atoms with van der Waals surface area (Å²) in [5.74, 6) is -0.853. The van der Waals surface area contributed by atoms with Crippen molar-refractivity contribution in [3.8, 4) is 0 Å². The van der Waals surface area contributed by atoms with E-state index in [9.17, 15) is 18.0 Å². The quantitative estimate of drug-likeness (QED) is 0.187. The van der Waals surface area contributed by atoms with Gasteiger partial charge in [-0.25, -0.2) is 8.42 Å². The molecule has 0 aromatic heterocycles. The molecule has 44 heavy (non-hydrogen) atoms. The molecule has 4 aromatic rings. The van der Waals surface area contributed by atoms with Gasteiger partial charge >= 0.3 is 0 Å². The van der Waals surface area contributed by atoms with Crippen LogP contribution < -0.4 is 9.62 Å². The summed E-state index contributed by atoms with van der Waals surface area (Å²) < 4.78 is 29.4. The zero-order chi connectivity index (χ0) is 31.7. The number of anilines is 1. The van der Waals surface area contributed by atoms with Gasteiger partial charge < -0.3 is 10.2 Å². The van der Waals surface area contributed by atoms with Crippen LogP contribution in [0.3, 0.4) is 0 Å². The normalized spacial score (nSPS) is 11.9. The van der Waals surface area contributed by atoms with E-state index < -0.39 is 28.5 Å². The van der Waals surface area contributed by atoms with Crippen molar-refractivity contribution in [2.24, 2.45) is 0 Å². The fourth-order valence-corrected chi connectivity index (χ4v) is 6.48. The Labute approximate surface area is 265 Å². The molecule has 9 heteroatoms. The smallest absolute Gasteiger partial charge is 0.264 e. The predicted octanol–water partition coefficient (Wildman–Crippen LogP) is 6.32. The second-order valence-corrected chi connectivity index (χ2v) is 13.0. The molecular weight excluding hydrogens is 594 g/mol. The Bertz CT molecular complexity index is 1680. The Hall–Kier alpha value is -4.14. The summed E-state index contributed by atoms with van der Waals surface area (Å²) in [4.78, 5) is 29.7. The number of benzene rings is 4. The van der Waals surface area contributed by atoms with Gasteiger partial charge in [-0.3, -0.25) is 13.9 Å². The summed E-state index contributed by atoms with van der Waals surface area (Å²) in [5.41, 5.74) is 3.62. The summed E-state index contributed by atoms with van der Waals surface area (Å²) in [6.07, 6.45) is 0.958. The lowest BCUT2D eigenvalue weighted by atomic mass is 10.0. The minimum Gasteiger partial charge on any atom is -0.354 e. The van der Waals surface area contributed by atoms with Crippen LogP contribution in [-0.4, -0.2) is 44.3 Å². The molecule has 0 fully saturated rings. The van der Waals surface area contributed by atoms with Gasteiger partial charge in [0, 0.05) is 24.5 Å². The van der Waals surface area contributed by atoms with Crippen LogP contribution in [0.2, 0.25) is 5.02 Å². The van der Waals surface area contributed by atoms with Gasteiger partial charge in [-0.2, -0.15) is 0 Å². The number of nitrogens with zero attached hydrogens (tertiary/aromatic N) is 2. The van der Waals surface area contributed by atoms with Gasteiger partial charge in [-0.1, -0.05) is 96.9 Å². The number of carbonyl (C=O) groups excluding carboxylic acids is 2. The van der Waals surface area contributed by atoms with Crippen molar-refractivity contribution in [1.82, 2.24) is 10.2 Å². The van der Waals surface area contributed by atoms with Gasteiger partial charge in [0.25, 0.3) is 10.0 Å². The molecule has 0 saturated carbocycles. The number of sulfonamides is 1. The zero-order valence-electron chi connectivity index (χ0n) is 25.2. The van der Waals surface area contributed by atoms with Crippen molar-refractivity contribution in [1.29, 1.82) is 0 Å². The van der Waals surface area contributed by atoms with E-state index in [1.165, 1.54) is 17.0 Å². The Morgan fingerprint density at radius 3 is 2.18 bits per heavy atom. The summed E-state index contributed by atoms with van der Waals surface area (Å²) in [5, 5.41) is 3.39. The third kappa shape index (κ3) is 8.27. The van der Waals surface area contributed by atoms with Crippen LogP contribution in [0.5, 0.6) is 0 Å². The molecule has 0 unspecified atom stereocenters. The predicted molar refractivity (Wildman–Crippen MR) is 176 cm³/mol. The number of carbonyl (C=O) groups is 2. The van der Waals surface area contributed by atoms with Crippen LogP contribution >= 0.6 is 11.6 Å². The third-order valence-electron chi connectivity index (χ3n) is 7.30. The maximum absolute atomic E-state index is 14.5. The molecule has 4 aromatic carbocycles. The van der Waals surface area contributed by atoms with Crippen LogP contribution in [0, 0.1) is 13.8 Å². The molecule has 0 bridgehead atoms. The number of amides is 2. The maximum Gasteiger partial charge on any atom is 0.264 e. The number of hydrogen-bond acceptors (Lipinski definition) is 4. The van der Waals surface area contributed by atoms with Crippen molar-refractivity contribution < 1.29 is 18.0 Å². The Kier molecular flexibility index (Phi) is 11.2. The van der Waals surface area contributed by atoms with E-state index in [2.05, 4.69) is 5.32 Å². The maximum atomic E-state index is 14.5. The number of rotatable bonds is 13. The minimum absolute atomic E-state index is 0.0157. The van der Waals surface area contributed by atoms with E-state index in [1.807, 2.05) is 63.2 Å². The van der Waals surface area contributed by atoms with Crippen LogP contribution in [0.25, 0.3) is 0 Å². The Balaban J connectivity index is 1.80. The molecule has 1 atom stereocenters. The topological polar surface area (TPSA) is 86.8 Å². The van der Waals surface area contributed by atoms with Gasteiger partial charge in [0.15, 0.2) is 0 Å². The lowest BCUT2D eigenvalue weighted by Gasteiger charge is -2.34. The summed E-state index contributed by atoms with van der Waals surface area (Å²) in [6.45, 7) is 5.63. The first-order chi connectivity index (χ1) is 21.1. The number of hydrogen-bond donors (Lipinski definition) is 1. The standard InChI is InChI=1S/C35H38ClN3O4S/c1-4-21-37-35(41)33(23-28-12-6-5-7-13-28)38(24-29-14-8-9-16-32(29)36)34(40)25-39(30-15-10-11-27(3)22-30)44(42,43)31-19-17-26(2)18-20-31/h5-20,22,33H,4,21,23-25H2,1-3H3,(H,37,41)/t33-/m1/s1. The van der Waals surface area contributed by atoms with Crippen molar-refractivity contribution >= 4 is 39.1 Å². The van der Waals surface area contributed by atoms with Crippen molar-refractivity contribution in [2.45, 2.75) is 51.1 Å². The van der Waals surface area contributed by atoms with E-state index in [-0.39, 0.29) is 23.8 Å². The highest BCUT2D eigenvalue weighted by atomic mass is 35.5. The van der Waals surface area contributed by atoms with Crippen molar-refractivity contribution in [2.75, 3.05) is 17.4 Å². The first-order valence-corrected chi connectivity index (χ1v) is 16.4. The summed E-state index contributed by atoms with van der Waals surface area (Å²) in [7, 11) is -4.16. The molecule has 4 rings (SSSR count). The first-order valence-electron chi connectivity index (χ1n) is 14.6. The number of halogens is 1. The molecule has 2 amide bonds. The Morgan fingerprint density at radius 1 is 0.841 bits per heavy atom. The molecule has 0 aliphatic carbocycles. The highest BCUT2D eigenvalue weighted by Crippen LogP contribution is 2.27. The highest BCUT2D eigenvalue weighted by Gasteiger charge is 2.34. The van der Waals surface area contributed by atoms with Crippen LogP contribution in [-0.2, 0) is 32.6 Å². The highest BCUT2D eigenvalue weighted by molar-refractivity contribution is 7.92. The zero-order valence-corrected chi connectivity index (χ0v) is 26.8. The molecule has 230 valence electrons. The molecule has 0 spiro atoms. The fourth-order valence-electron chi connectivity index (χ4n) is 4.88. The van der Waals surface area contributed by atoms with Gasteiger partial charge in [-0.05, 0) is 67.3 Å². The summed E-state index contributed by atoms with van der Waals surface area (Å²) in [6, 6.07) is 29.2. The van der Waals surface area contributed by atoms with Gasteiger partial charge in [0.05, 0.1) is 10.6 Å². The van der Waals surface area contributed by atoms with E-state index in [1.54, 1.807) is 48.5 Å². The van der Waals surface area contributed by atoms with Crippen molar-refractivity contribution in [3.63, 3.8) is 0 Å². The lowest BCUT2D eigenvalue weighted by Crippen LogP contribution is -2.53. The monoisotopic (exact) mass is 631 g/mol. The minimum atomic E-state index is -4.16. The van der Waals surface area contributed by atoms with Crippen LogP contribution in [0.15, 0.2) is 108 Å². The number of nitrogens with one attached hydrogen (secondary N) is 1. The van der Waals surface area contributed by atoms with E-state index >= 15 is 0 Å². The first kappa shape index (κ1) is 32.8. The second kappa shape index (κ2) is 15.0. The largest absolute Gasteiger partial charge is 0.354 e. The molecular formula is C35H38ClN3O4S. The van der Waals surface area contributed by atoms with E-state index in [0.29, 0.717) is 22.8 Å². The molecule has 0 radical (unpaired) electrons. The van der Waals surface area contributed by atoms with Gasteiger partial charge in [0.2, 0.25) is 11.8 Å². The van der Waals surface area contributed by atoms with Gasteiger partial charge in [-0.15, -0.1) is 0 Å². The van der Waals surface area contributed by atoms with Crippen molar-refractivity contribution in [3.05, 3.63) is 130 Å². The molecule has 7 nitrogen and oxygen atoms in total. The Morgan fingerprint density at radius 2 is 1.52 bits per heavy atom.